The van der Waals surface area contributed by atoms with Gasteiger partial charge in [0.1, 0.15) is 5.01 Å². The predicted molar refractivity (Wildman–Crippen MR) is 41.2 cm³/mol. The Kier molecular flexibility index (Phi) is 2.43. The van der Waals surface area contributed by atoms with Crippen molar-refractivity contribution in [1.82, 2.24) is 4.98 Å². The quantitative estimate of drug-likeness (QED) is 0.731. The minimum atomic E-state index is -0.771. The van der Waals surface area contributed by atoms with Gasteiger partial charge < -0.3 is 10.5 Å². The van der Waals surface area contributed by atoms with E-state index in [1.807, 2.05) is 5.38 Å². The lowest BCUT2D eigenvalue weighted by Gasteiger charge is -2.06. The zero-order valence-corrected chi connectivity index (χ0v) is 6.80. The Hall–Kier alpha value is -1.10. The fraction of sp³-hybridized carbons (Fsp3) is 0.333. The Labute approximate surface area is 68.0 Å². The van der Waals surface area contributed by atoms with Crippen molar-refractivity contribution in [2.75, 3.05) is 0 Å². The second-order valence-electron chi connectivity index (χ2n) is 1.95. The summed E-state index contributed by atoms with van der Waals surface area (Å²) in [6.07, 6.45) is 0.543. The first kappa shape index (κ1) is 8.00. The number of nitrogens with two attached hydrogens (primary N) is 1. The van der Waals surface area contributed by atoms with Gasteiger partial charge in [-0.2, -0.15) is 0 Å². The lowest BCUT2D eigenvalue weighted by atomic mass is 10.4. The summed E-state index contributed by atoms with van der Waals surface area (Å²) in [7, 11) is 0. The summed E-state index contributed by atoms with van der Waals surface area (Å²) in [6.45, 7) is 1.73. The summed E-state index contributed by atoms with van der Waals surface area (Å²) in [6, 6.07) is 0. The van der Waals surface area contributed by atoms with Crippen molar-refractivity contribution in [2.24, 2.45) is 5.73 Å². The van der Waals surface area contributed by atoms with Gasteiger partial charge in [-0.25, -0.2) is 9.78 Å². The van der Waals surface area contributed by atoms with Crippen LogP contribution in [0.25, 0.3) is 0 Å². The number of thiazole rings is 1. The van der Waals surface area contributed by atoms with Crippen molar-refractivity contribution in [3.63, 3.8) is 0 Å². The molecule has 5 heteroatoms. The van der Waals surface area contributed by atoms with Gasteiger partial charge in [-0.05, 0) is 6.92 Å². The normalized spacial score (nSPS) is 12.5. The first-order valence-electron chi connectivity index (χ1n) is 3.05. The van der Waals surface area contributed by atoms with Crippen molar-refractivity contribution in [3.8, 4) is 0 Å². The predicted octanol–water partition coefficient (Wildman–Crippen LogP) is 1.30. The molecule has 2 N–H and O–H groups in total. The number of rotatable bonds is 2. The number of carbonyl (C=O) groups excluding carboxylic acids is 1. The number of nitrogens with zero attached hydrogens (tertiary/aromatic N) is 1. The molecule has 1 rings (SSSR count). The van der Waals surface area contributed by atoms with Crippen LogP contribution in [0.1, 0.15) is 18.0 Å². The molecular formula is C6H8N2O2S. The standard InChI is InChI=1S/C6H8N2O2S/c1-4(10-6(7)9)5-8-2-3-11-5/h2-4H,1H3,(H2,7,9). The number of primary amides is 1. The van der Waals surface area contributed by atoms with Crippen molar-refractivity contribution in [3.05, 3.63) is 16.6 Å². The summed E-state index contributed by atoms with van der Waals surface area (Å²) >= 11 is 1.43. The number of aromatic nitrogens is 1. The fourth-order valence-corrected chi connectivity index (χ4v) is 1.28. The zero-order valence-electron chi connectivity index (χ0n) is 5.98. The monoisotopic (exact) mass is 172 g/mol. The molecule has 0 aliphatic carbocycles. The Morgan fingerprint density at radius 3 is 3.09 bits per heavy atom. The van der Waals surface area contributed by atoms with Gasteiger partial charge in [0.25, 0.3) is 0 Å². The van der Waals surface area contributed by atoms with Gasteiger partial charge in [-0.1, -0.05) is 0 Å². The largest absolute Gasteiger partial charge is 0.439 e. The maximum atomic E-state index is 10.3. The summed E-state index contributed by atoms with van der Waals surface area (Å²) < 4.78 is 4.68. The molecule has 0 aromatic carbocycles. The van der Waals surface area contributed by atoms with E-state index in [9.17, 15) is 4.79 Å². The van der Waals surface area contributed by atoms with Gasteiger partial charge >= 0.3 is 6.09 Å². The Bertz CT molecular complexity index is 235. The molecule has 0 bridgehead atoms. The number of amides is 1. The summed E-state index contributed by atoms with van der Waals surface area (Å²) in [4.78, 5) is 14.2. The molecule has 0 saturated heterocycles. The smallest absolute Gasteiger partial charge is 0.405 e. The highest BCUT2D eigenvalue weighted by molar-refractivity contribution is 7.09. The molecule has 0 aliphatic heterocycles. The summed E-state index contributed by atoms with van der Waals surface area (Å²) in [5, 5.41) is 2.57. The molecule has 0 fully saturated rings. The number of hydrogen-bond acceptors (Lipinski definition) is 4. The van der Waals surface area contributed by atoms with E-state index >= 15 is 0 Å². The molecule has 60 valence electrons. The van der Waals surface area contributed by atoms with Crippen LogP contribution in [-0.4, -0.2) is 11.1 Å². The summed E-state index contributed by atoms with van der Waals surface area (Å²) in [5.41, 5.74) is 4.82. The Morgan fingerprint density at radius 1 is 1.91 bits per heavy atom. The SMILES string of the molecule is CC(OC(N)=O)c1nccs1. The first-order chi connectivity index (χ1) is 5.20. The third-order valence-corrected chi connectivity index (χ3v) is 2.03. The van der Waals surface area contributed by atoms with Gasteiger partial charge in [0, 0.05) is 11.6 Å². The van der Waals surface area contributed by atoms with Gasteiger partial charge in [0.2, 0.25) is 0 Å². The molecule has 4 nitrogen and oxygen atoms in total. The van der Waals surface area contributed by atoms with Crippen LogP contribution in [0.15, 0.2) is 11.6 Å². The third kappa shape index (κ3) is 2.19. The molecule has 1 atom stereocenters. The first-order valence-corrected chi connectivity index (χ1v) is 3.93. The molecule has 1 heterocycles. The van der Waals surface area contributed by atoms with Crippen LogP contribution in [0.4, 0.5) is 4.79 Å². The third-order valence-electron chi connectivity index (χ3n) is 1.09. The Morgan fingerprint density at radius 2 is 2.64 bits per heavy atom. The fourth-order valence-electron chi connectivity index (χ4n) is 0.660. The highest BCUT2D eigenvalue weighted by Gasteiger charge is 2.10. The number of ether oxygens (including phenoxy) is 1. The molecule has 0 radical (unpaired) electrons. The van der Waals surface area contributed by atoms with Crippen LogP contribution in [0, 0.1) is 0 Å². The van der Waals surface area contributed by atoms with Crippen molar-refractivity contribution in [2.45, 2.75) is 13.0 Å². The van der Waals surface area contributed by atoms with E-state index < -0.39 is 6.09 Å². The Balaban J connectivity index is 2.56. The van der Waals surface area contributed by atoms with Gasteiger partial charge in [0.05, 0.1) is 0 Å². The maximum absolute atomic E-state index is 10.3. The van der Waals surface area contributed by atoms with Crippen molar-refractivity contribution < 1.29 is 9.53 Å². The highest BCUT2D eigenvalue weighted by Crippen LogP contribution is 2.17. The molecular weight excluding hydrogens is 164 g/mol. The van der Waals surface area contributed by atoms with E-state index in [1.165, 1.54) is 11.3 Å². The van der Waals surface area contributed by atoms with E-state index in [2.05, 4.69) is 9.72 Å². The molecule has 0 aliphatic rings. The van der Waals surface area contributed by atoms with Crippen LogP contribution in [-0.2, 0) is 4.74 Å². The molecule has 0 saturated carbocycles. The summed E-state index contributed by atoms with van der Waals surface area (Å²) in [5.74, 6) is 0. The second kappa shape index (κ2) is 3.34. The minimum Gasteiger partial charge on any atom is -0.439 e. The van der Waals surface area contributed by atoms with Gasteiger partial charge in [-0.15, -0.1) is 11.3 Å². The number of hydrogen-bond donors (Lipinski definition) is 1. The molecule has 0 spiro atoms. The minimum absolute atomic E-state index is 0.340. The van der Waals surface area contributed by atoms with Gasteiger partial charge in [-0.3, -0.25) is 0 Å². The van der Waals surface area contributed by atoms with Crippen LogP contribution < -0.4 is 5.73 Å². The topological polar surface area (TPSA) is 65.2 Å². The van der Waals surface area contributed by atoms with Crippen LogP contribution in [0.3, 0.4) is 0 Å². The van der Waals surface area contributed by atoms with E-state index in [1.54, 1.807) is 13.1 Å². The van der Waals surface area contributed by atoms with Crippen LogP contribution in [0.5, 0.6) is 0 Å². The zero-order chi connectivity index (χ0) is 8.27. The lowest BCUT2D eigenvalue weighted by molar-refractivity contribution is 0.116. The van der Waals surface area contributed by atoms with Crippen LogP contribution >= 0.6 is 11.3 Å². The van der Waals surface area contributed by atoms with Crippen molar-refractivity contribution >= 4 is 17.4 Å². The average Bonchev–Trinajstić information content (AvgIpc) is 2.35. The van der Waals surface area contributed by atoms with Crippen LogP contribution in [0.2, 0.25) is 0 Å². The lowest BCUT2D eigenvalue weighted by Crippen LogP contribution is -2.15. The maximum Gasteiger partial charge on any atom is 0.405 e. The second-order valence-corrected chi connectivity index (χ2v) is 2.88. The van der Waals surface area contributed by atoms with E-state index in [0.717, 1.165) is 5.01 Å². The average molecular weight is 172 g/mol. The highest BCUT2D eigenvalue weighted by atomic mass is 32.1. The molecule has 1 aromatic heterocycles. The molecule has 1 unspecified atom stereocenters. The number of carbonyl (C=O) groups is 1. The van der Waals surface area contributed by atoms with E-state index in [0.29, 0.717) is 0 Å². The van der Waals surface area contributed by atoms with Gasteiger partial charge in [0.15, 0.2) is 6.10 Å². The molecule has 1 aromatic rings. The van der Waals surface area contributed by atoms with E-state index in [4.69, 9.17) is 5.73 Å². The van der Waals surface area contributed by atoms with E-state index in [-0.39, 0.29) is 6.10 Å². The molecule has 1 amide bonds. The molecule has 11 heavy (non-hydrogen) atoms. The van der Waals surface area contributed by atoms with Crippen molar-refractivity contribution in [1.29, 1.82) is 0 Å².